The Hall–Kier alpha value is -1.20. The molecule has 2 aliphatic rings. The molecule has 5 heteroatoms. The van der Waals surface area contributed by atoms with Crippen molar-refractivity contribution in [3.63, 3.8) is 0 Å². The van der Waals surface area contributed by atoms with Gasteiger partial charge in [-0.1, -0.05) is 6.08 Å². The van der Waals surface area contributed by atoms with Gasteiger partial charge in [0.15, 0.2) is 5.79 Å². The second-order valence-electron chi connectivity index (χ2n) is 4.14. The number of ether oxygens (including phenoxy) is 3. The molecule has 0 radical (unpaired) electrons. The summed E-state index contributed by atoms with van der Waals surface area (Å²) in [6, 6.07) is 0. The van der Waals surface area contributed by atoms with Gasteiger partial charge in [0.25, 0.3) is 0 Å². The lowest BCUT2D eigenvalue weighted by molar-refractivity contribution is -0.161. The monoisotopic (exact) mass is 239 g/mol. The van der Waals surface area contributed by atoms with Gasteiger partial charge < -0.3 is 14.2 Å². The maximum atomic E-state index is 11.4. The van der Waals surface area contributed by atoms with Crippen molar-refractivity contribution in [2.45, 2.75) is 32.0 Å². The highest BCUT2D eigenvalue weighted by Gasteiger charge is 2.38. The van der Waals surface area contributed by atoms with Gasteiger partial charge >= 0.3 is 5.97 Å². The molecule has 5 nitrogen and oxygen atoms in total. The van der Waals surface area contributed by atoms with E-state index in [0.717, 1.165) is 5.57 Å². The van der Waals surface area contributed by atoms with Gasteiger partial charge in [-0.05, 0) is 18.9 Å². The molecule has 1 saturated heterocycles. The van der Waals surface area contributed by atoms with Crippen LogP contribution < -0.4 is 0 Å². The molecule has 1 fully saturated rings. The van der Waals surface area contributed by atoms with Crippen LogP contribution in [0.25, 0.3) is 0 Å². The van der Waals surface area contributed by atoms with Gasteiger partial charge in [0, 0.05) is 12.8 Å². The highest BCUT2D eigenvalue weighted by molar-refractivity contribution is 6.41. The SMILES string of the molecule is CCOC(=O)C(=N)C1=CCC2(CC1)OCCO2. The third kappa shape index (κ3) is 2.56. The van der Waals surface area contributed by atoms with E-state index < -0.39 is 11.8 Å². The second kappa shape index (κ2) is 4.98. The predicted molar refractivity (Wildman–Crippen MR) is 60.9 cm³/mol. The van der Waals surface area contributed by atoms with Crippen LogP contribution in [-0.2, 0) is 19.0 Å². The van der Waals surface area contributed by atoms with E-state index in [0.29, 0.717) is 39.1 Å². The maximum absolute atomic E-state index is 11.4. The van der Waals surface area contributed by atoms with Crippen LogP contribution in [0.5, 0.6) is 0 Å². The van der Waals surface area contributed by atoms with Crippen molar-refractivity contribution in [3.05, 3.63) is 11.6 Å². The zero-order chi connectivity index (χ0) is 12.3. The number of esters is 1. The molecular formula is C12H17NO4. The van der Waals surface area contributed by atoms with Crippen molar-refractivity contribution in [2.24, 2.45) is 0 Å². The number of carbonyl (C=O) groups is 1. The van der Waals surface area contributed by atoms with Crippen LogP contribution in [0.2, 0.25) is 0 Å². The van der Waals surface area contributed by atoms with E-state index in [1.165, 1.54) is 0 Å². The molecule has 0 saturated carbocycles. The van der Waals surface area contributed by atoms with Crippen molar-refractivity contribution in [1.29, 1.82) is 5.41 Å². The highest BCUT2D eigenvalue weighted by atomic mass is 16.7. The van der Waals surface area contributed by atoms with Gasteiger partial charge in [-0.25, -0.2) is 4.79 Å². The van der Waals surface area contributed by atoms with Gasteiger partial charge in [-0.2, -0.15) is 0 Å². The van der Waals surface area contributed by atoms with E-state index in [4.69, 9.17) is 19.6 Å². The normalized spacial score (nSPS) is 22.3. The average Bonchev–Trinajstić information content (AvgIpc) is 2.78. The first-order valence-corrected chi connectivity index (χ1v) is 5.90. The van der Waals surface area contributed by atoms with Gasteiger partial charge in [-0.15, -0.1) is 0 Å². The molecule has 0 unspecified atom stereocenters. The van der Waals surface area contributed by atoms with Gasteiger partial charge in [0.2, 0.25) is 0 Å². The van der Waals surface area contributed by atoms with E-state index in [2.05, 4.69) is 0 Å². The fourth-order valence-electron chi connectivity index (χ4n) is 2.13. The minimum Gasteiger partial charge on any atom is -0.461 e. The molecule has 1 aliphatic heterocycles. The number of nitrogens with one attached hydrogen (secondary N) is 1. The summed E-state index contributed by atoms with van der Waals surface area (Å²) < 4.78 is 15.9. The summed E-state index contributed by atoms with van der Waals surface area (Å²) in [7, 11) is 0. The van der Waals surface area contributed by atoms with E-state index in [1.807, 2.05) is 6.08 Å². The quantitative estimate of drug-likeness (QED) is 0.597. The number of hydrogen-bond acceptors (Lipinski definition) is 5. The summed E-state index contributed by atoms with van der Waals surface area (Å²) in [5.41, 5.74) is 0.688. The van der Waals surface area contributed by atoms with Crippen molar-refractivity contribution in [3.8, 4) is 0 Å². The van der Waals surface area contributed by atoms with Crippen molar-refractivity contribution < 1.29 is 19.0 Å². The van der Waals surface area contributed by atoms with Crippen molar-refractivity contribution >= 4 is 11.7 Å². The molecule has 1 spiro atoms. The Labute approximate surface area is 100 Å². The van der Waals surface area contributed by atoms with Crippen LogP contribution in [-0.4, -0.2) is 37.3 Å². The molecular weight excluding hydrogens is 222 g/mol. The van der Waals surface area contributed by atoms with E-state index in [1.54, 1.807) is 6.92 Å². The first-order valence-electron chi connectivity index (χ1n) is 5.90. The van der Waals surface area contributed by atoms with Crippen LogP contribution in [0.1, 0.15) is 26.2 Å². The van der Waals surface area contributed by atoms with Crippen LogP contribution in [0, 0.1) is 5.41 Å². The largest absolute Gasteiger partial charge is 0.461 e. The van der Waals surface area contributed by atoms with Crippen LogP contribution in [0.4, 0.5) is 0 Å². The zero-order valence-electron chi connectivity index (χ0n) is 9.95. The zero-order valence-corrected chi connectivity index (χ0v) is 9.95. The fraction of sp³-hybridized carbons (Fsp3) is 0.667. The van der Waals surface area contributed by atoms with Crippen LogP contribution in [0.3, 0.4) is 0 Å². The minimum absolute atomic E-state index is 0.0419. The Morgan fingerprint density at radius 1 is 1.53 bits per heavy atom. The predicted octanol–water partition coefficient (Wildman–Crippen LogP) is 1.42. The van der Waals surface area contributed by atoms with Gasteiger partial charge in [0.1, 0.15) is 5.71 Å². The molecule has 0 bridgehead atoms. The molecule has 1 aliphatic carbocycles. The molecule has 94 valence electrons. The third-order valence-electron chi connectivity index (χ3n) is 3.05. The number of carbonyl (C=O) groups excluding carboxylic acids is 1. The lowest BCUT2D eigenvalue weighted by atomic mass is 9.91. The van der Waals surface area contributed by atoms with E-state index in [9.17, 15) is 4.79 Å². The smallest absolute Gasteiger partial charge is 0.356 e. The molecule has 1 N–H and O–H groups in total. The molecule has 0 aromatic rings. The summed E-state index contributed by atoms with van der Waals surface area (Å²) >= 11 is 0. The Morgan fingerprint density at radius 3 is 2.76 bits per heavy atom. The molecule has 1 heterocycles. The Bertz CT molecular complexity index is 356. The molecule has 0 atom stereocenters. The fourth-order valence-corrected chi connectivity index (χ4v) is 2.13. The Kier molecular flexibility index (Phi) is 3.59. The van der Waals surface area contributed by atoms with E-state index >= 15 is 0 Å². The standard InChI is InChI=1S/C12H17NO4/c1-2-15-11(14)10(13)9-3-5-12(6-4-9)16-7-8-17-12/h3,13H,2,4-8H2,1H3. The Morgan fingerprint density at radius 2 is 2.24 bits per heavy atom. The van der Waals surface area contributed by atoms with E-state index in [-0.39, 0.29) is 5.71 Å². The highest BCUT2D eigenvalue weighted by Crippen LogP contribution is 2.35. The average molecular weight is 239 g/mol. The van der Waals surface area contributed by atoms with Crippen molar-refractivity contribution in [1.82, 2.24) is 0 Å². The summed E-state index contributed by atoms with van der Waals surface area (Å²) in [6.07, 6.45) is 3.77. The lowest BCUT2D eigenvalue weighted by Gasteiger charge is -2.30. The lowest BCUT2D eigenvalue weighted by Crippen LogP contribution is -2.33. The summed E-state index contributed by atoms with van der Waals surface area (Å²) in [4.78, 5) is 11.4. The third-order valence-corrected chi connectivity index (χ3v) is 3.05. The topological polar surface area (TPSA) is 68.6 Å². The van der Waals surface area contributed by atoms with Gasteiger partial charge in [-0.3, -0.25) is 5.41 Å². The first-order chi connectivity index (χ1) is 8.17. The minimum atomic E-state index is -0.553. The van der Waals surface area contributed by atoms with Gasteiger partial charge in [0.05, 0.1) is 19.8 Å². The van der Waals surface area contributed by atoms with Crippen molar-refractivity contribution in [2.75, 3.05) is 19.8 Å². The molecule has 17 heavy (non-hydrogen) atoms. The van der Waals surface area contributed by atoms with Crippen LogP contribution >= 0.6 is 0 Å². The second-order valence-corrected chi connectivity index (χ2v) is 4.14. The molecule has 0 aromatic carbocycles. The Balaban J connectivity index is 1.98. The van der Waals surface area contributed by atoms with Crippen LogP contribution in [0.15, 0.2) is 11.6 Å². The first kappa shape index (κ1) is 12.3. The number of hydrogen-bond donors (Lipinski definition) is 1. The number of rotatable bonds is 3. The molecule has 0 amide bonds. The molecule has 0 aromatic heterocycles. The maximum Gasteiger partial charge on any atom is 0.356 e. The summed E-state index contributed by atoms with van der Waals surface area (Å²) in [5, 5.41) is 7.73. The summed E-state index contributed by atoms with van der Waals surface area (Å²) in [5.74, 6) is -1.05. The summed E-state index contributed by atoms with van der Waals surface area (Å²) in [6.45, 7) is 3.28. The molecule has 2 rings (SSSR count).